The summed E-state index contributed by atoms with van der Waals surface area (Å²) in [6, 6.07) is 94.1. The Kier molecular flexibility index (Phi) is 8.28. The van der Waals surface area contributed by atoms with Crippen LogP contribution in [0.15, 0.2) is 259 Å². The van der Waals surface area contributed by atoms with Gasteiger partial charge in [0.25, 0.3) is 0 Å². The van der Waals surface area contributed by atoms with Crippen LogP contribution in [0.3, 0.4) is 0 Å². The number of para-hydroxylation sites is 2. The largest absolute Gasteiger partial charge is 0.456 e. The quantitative estimate of drug-likeness (QED) is 0.161. The fraction of sp³-hybridized carbons (Fsp3) is 0. The molecule has 0 atom stereocenters. The van der Waals surface area contributed by atoms with Crippen LogP contribution in [-0.2, 0) is 0 Å². The number of furan rings is 1. The fourth-order valence-corrected chi connectivity index (χ4v) is 13.3. The summed E-state index contributed by atoms with van der Waals surface area (Å²) in [7, 11) is 0. The molecule has 0 radical (unpaired) electrons. The molecule has 17 rings (SSSR count). The Balaban J connectivity index is 0.820. The zero-order valence-corrected chi connectivity index (χ0v) is 40.6. The van der Waals surface area contributed by atoms with Crippen LogP contribution in [0.4, 0.5) is 0 Å². The highest BCUT2D eigenvalue weighted by Crippen LogP contribution is 2.45. The molecule has 17 aromatic rings. The Bertz CT molecular complexity index is 4900. The van der Waals surface area contributed by atoms with Crippen molar-refractivity contribution in [3.8, 4) is 33.6 Å². The van der Waals surface area contributed by atoms with Gasteiger partial charge in [-0.15, -0.1) is 0 Å². The second-order valence-corrected chi connectivity index (χ2v) is 20.3. The van der Waals surface area contributed by atoms with E-state index in [1.165, 1.54) is 119 Å². The lowest BCUT2D eigenvalue weighted by Crippen LogP contribution is -1.94. The molecule has 0 aliphatic rings. The zero-order chi connectivity index (χ0) is 48.9. The molecule has 0 spiro atoms. The Labute approximate surface area is 429 Å². The highest BCUT2D eigenvalue weighted by atomic mass is 16.3. The van der Waals surface area contributed by atoms with Crippen molar-refractivity contribution in [1.29, 1.82) is 0 Å². The summed E-state index contributed by atoms with van der Waals surface area (Å²) < 4.78 is 11.5. The molecular formula is C72H42N2O. The molecular weight excluding hydrogens is 909 g/mol. The number of hydrogen-bond acceptors (Lipinski definition) is 1. The highest BCUT2D eigenvalue weighted by molar-refractivity contribution is 6.30. The maximum Gasteiger partial charge on any atom is 0.135 e. The van der Waals surface area contributed by atoms with Crippen LogP contribution in [0, 0.1) is 0 Å². The Morgan fingerprint density at radius 1 is 0.213 bits per heavy atom. The third kappa shape index (κ3) is 5.70. The minimum atomic E-state index is 0.868. The lowest BCUT2D eigenvalue weighted by atomic mass is 9.89. The molecule has 0 saturated carbocycles. The van der Waals surface area contributed by atoms with E-state index in [-0.39, 0.29) is 0 Å². The van der Waals surface area contributed by atoms with Gasteiger partial charge in [-0.3, -0.25) is 0 Å². The molecule has 3 nitrogen and oxygen atoms in total. The molecule has 3 aromatic heterocycles. The first kappa shape index (κ1) is 40.6. The zero-order valence-electron chi connectivity index (χ0n) is 40.6. The van der Waals surface area contributed by atoms with Gasteiger partial charge < -0.3 is 13.6 Å². The molecule has 0 N–H and O–H groups in total. The summed E-state index contributed by atoms with van der Waals surface area (Å²) >= 11 is 0. The van der Waals surface area contributed by atoms with Crippen molar-refractivity contribution in [1.82, 2.24) is 9.13 Å². The summed E-state index contributed by atoms with van der Waals surface area (Å²) in [6.07, 6.45) is 0. The number of fused-ring (bicyclic) bond motifs is 21. The van der Waals surface area contributed by atoms with Crippen molar-refractivity contribution < 1.29 is 4.42 Å². The van der Waals surface area contributed by atoms with E-state index >= 15 is 0 Å². The van der Waals surface area contributed by atoms with E-state index in [0.29, 0.717) is 0 Å². The summed E-state index contributed by atoms with van der Waals surface area (Å²) in [5.41, 5.74) is 13.5. The minimum Gasteiger partial charge on any atom is -0.456 e. The Hall–Kier alpha value is -9.96. The maximum atomic E-state index is 6.64. The number of rotatable bonds is 4. The predicted molar refractivity (Wildman–Crippen MR) is 318 cm³/mol. The molecule has 0 aliphatic carbocycles. The topological polar surface area (TPSA) is 23.0 Å². The first-order chi connectivity index (χ1) is 37.2. The number of aromatic nitrogens is 2. The van der Waals surface area contributed by atoms with E-state index < -0.39 is 0 Å². The second-order valence-electron chi connectivity index (χ2n) is 20.3. The monoisotopic (exact) mass is 950 g/mol. The summed E-state index contributed by atoms with van der Waals surface area (Å²) in [6.45, 7) is 0. The Morgan fingerprint density at radius 3 is 0.933 bits per heavy atom. The summed E-state index contributed by atoms with van der Waals surface area (Å²) in [5, 5.41) is 22.5. The smallest absolute Gasteiger partial charge is 0.135 e. The van der Waals surface area contributed by atoms with Crippen molar-refractivity contribution in [3.05, 3.63) is 255 Å². The number of hydrogen-bond donors (Lipinski definition) is 0. The number of nitrogens with zero attached hydrogens (tertiary/aromatic N) is 2. The molecule has 0 amide bonds. The van der Waals surface area contributed by atoms with Gasteiger partial charge in [0.05, 0.1) is 22.1 Å². The van der Waals surface area contributed by atoms with Crippen molar-refractivity contribution in [3.63, 3.8) is 0 Å². The van der Waals surface area contributed by atoms with Crippen molar-refractivity contribution >= 4 is 130 Å². The van der Waals surface area contributed by atoms with Crippen molar-refractivity contribution in [2.24, 2.45) is 0 Å². The van der Waals surface area contributed by atoms with Crippen LogP contribution in [0.5, 0.6) is 0 Å². The van der Waals surface area contributed by atoms with Gasteiger partial charge in [-0.2, -0.15) is 0 Å². The van der Waals surface area contributed by atoms with Crippen LogP contribution in [0.1, 0.15) is 0 Å². The highest BCUT2D eigenvalue weighted by Gasteiger charge is 2.21. The lowest BCUT2D eigenvalue weighted by molar-refractivity contribution is 0.669. The molecule has 0 bridgehead atoms. The minimum absolute atomic E-state index is 0.868. The average molecular weight is 951 g/mol. The summed E-state index contributed by atoms with van der Waals surface area (Å²) in [4.78, 5) is 0. The second kappa shape index (κ2) is 15.3. The Morgan fingerprint density at radius 2 is 0.533 bits per heavy atom. The van der Waals surface area contributed by atoms with Gasteiger partial charge in [-0.25, -0.2) is 0 Å². The van der Waals surface area contributed by atoms with E-state index in [1.807, 2.05) is 0 Å². The predicted octanol–water partition coefficient (Wildman–Crippen LogP) is 20.0. The van der Waals surface area contributed by atoms with Gasteiger partial charge in [0.15, 0.2) is 0 Å². The van der Waals surface area contributed by atoms with Gasteiger partial charge in [-0.05, 0) is 160 Å². The lowest BCUT2D eigenvalue weighted by Gasteiger charge is -2.14. The molecule has 3 heteroatoms. The van der Waals surface area contributed by atoms with Crippen LogP contribution < -0.4 is 0 Å². The van der Waals surface area contributed by atoms with Gasteiger partial charge in [0, 0.05) is 43.7 Å². The van der Waals surface area contributed by atoms with E-state index in [9.17, 15) is 0 Å². The van der Waals surface area contributed by atoms with Gasteiger partial charge in [0.1, 0.15) is 11.2 Å². The SMILES string of the molecule is c1ccc2c(c1)c1ccccc1c1c(-c3ccc4c(c3)c3ccccc3n4-c3ccc4oc5ccc(-n6c7ccccc7c7cc(-c8cccc9c%10ccccc%10c%10ccccc%10c89)ccc76)cc5c4c3)cccc21. The van der Waals surface area contributed by atoms with Crippen LogP contribution in [0.25, 0.3) is 164 Å². The molecule has 346 valence electrons. The normalized spacial score (nSPS) is 12.3. The first-order valence-corrected chi connectivity index (χ1v) is 25.9. The molecule has 0 saturated heterocycles. The van der Waals surface area contributed by atoms with Crippen LogP contribution in [0.2, 0.25) is 0 Å². The third-order valence-electron chi connectivity index (χ3n) is 16.5. The van der Waals surface area contributed by atoms with Crippen molar-refractivity contribution in [2.45, 2.75) is 0 Å². The van der Waals surface area contributed by atoms with Crippen molar-refractivity contribution in [2.75, 3.05) is 0 Å². The van der Waals surface area contributed by atoms with E-state index in [4.69, 9.17) is 4.42 Å². The van der Waals surface area contributed by atoms with E-state index in [1.54, 1.807) is 0 Å². The van der Waals surface area contributed by atoms with Gasteiger partial charge >= 0.3 is 0 Å². The standard InChI is InChI=1S/C72H42N2O/c1-3-17-53-49(15-1)51-19-5-7-23-57(51)71-47(25-13-27-59(53)71)43-31-35-67-61(39-43)55-21-9-11-29-65(55)73(67)45-33-37-69-63(41-45)64-42-46(34-38-70(64)75-69)74-66-30-12-10-22-56(66)62-40-44(32-36-68(62)74)48-26-14-28-60-54-18-4-2-16-50(54)52-20-6-8-24-58(52)72(48)60/h1-42H. The average Bonchev–Trinajstić information content (AvgIpc) is 4.14. The molecule has 0 unspecified atom stereocenters. The molecule has 0 aliphatic heterocycles. The first-order valence-electron chi connectivity index (χ1n) is 25.9. The van der Waals surface area contributed by atoms with Gasteiger partial charge in [-0.1, -0.05) is 182 Å². The number of benzene rings is 14. The van der Waals surface area contributed by atoms with Gasteiger partial charge in [0.2, 0.25) is 0 Å². The molecule has 75 heavy (non-hydrogen) atoms. The molecule has 0 fully saturated rings. The summed E-state index contributed by atoms with van der Waals surface area (Å²) in [5.74, 6) is 0. The maximum absolute atomic E-state index is 6.64. The van der Waals surface area contributed by atoms with E-state index in [0.717, 1.165) is 44.3 Å². The third-order valence-corrected chi connectivity index (χ3v) is 16.5. The van der Waals surface area contributed by atoms with Crippen LogP contribution >= 0.6 is 0 Å². The van der Waals surface area contributed by atoms with Crippen LogP contribution in [-0.4, -0.2) is 9.13 Å². The van der Waals surface area contributed by atoms with E-state index in [2.05, 4.69) is 264 Å². The fourth-order valence-electron chi connectivity index (χ4n) is 13.3. The molecule has 14 aromatic carbocycles. The molecule has 3 heterocycles.